The van der Waals surface area contributed by atoms with Gasteiger partial charge in [0, 0.05) is 19.3 Å². The maximum Gasteiger partial charge on any atom is 0.255 e. The molecule has 1 saturated heterocycles. The molecular weight excluding hydrogens is 394 g/mol. The van der Waals surface area contributed by atoms with Crippen LogP contribution in [0.1, 0.15) is 65.7 Å². The van der Waals surface area contributed by atoms with Crippen molar-refractivity contribution in [1.82, 2.24) is 15.2 Å². The molecule has 0 spiro atoms. The van der Waals surface area contributed by atoms with E-state index in [2.05, 4.69) is 28.5 Å². The van der Waals surface area contributed by atoms with E-state index in [4.69, 9.17) is 0 Å². The average molecular weight is 424 g/mol. The fraction of sp³-hybridized carbons (Fsp3) is 0.458. The summed E-state index contributed by atoms with van der Waals surface area (Å²) in [4.78, 5) is 31.0. The van der Waals surface area contributed by atoms with Gasteiger partial charge in [-0.05, 0) is 74.3 Å². The number of hydrogen-bond acceptors (Lipinski definition) is 4. The average Bonchev–Trinajstić information content (AvgIpc) is 3.32. The van der Waals surface area contributed by atoms with E-state index < -0.39 is 0 Å². The molecule has 5 nitrogen and oxygen atoms in total. The standard InChI is InChI=1S/C24H29N3O2S/c1-17(19-9-8-18-6-2-3-7-20(18)14-19)26-22(28)16-30-23-11-10-21(15-25-23)24(29)27-12-4-5-13-27/h8-11,14-15,17H,2-7,12-13,16H2,1H3,(H,26,28). The van der Waals surface area contributed by atoms with Crippen LogP contribution in [0.25, 0.3) is 0 Å². The predicted molar refractivity (Wildman–Crippen MR) is 120 cm³/mol. The number of thioether (sulfide) groups is 1. The largest absolute Gasteiger partial charge is 0.349 e. The van der Waals surface area contributed by atoms with Crippen LogP contribution in [0.3, 0.4) is 0 Å². The van der Waals surface area contributed by atoms with Crippen LogP contribution in [0.4, 0.5) is 0 Å². The molecule has 0 bridgehead atoms. The number of aromatic nitrogens is 1. The van der Waals surface area contributed by atoms with Crippen molar-refractivity contribution in [3.63, 3.8) is 0 Å². The van der Waals surface area contributed by atoms with Crippen molar-refractivity contribution in [1.29, 1.82) is 0 Å². The second kappa shape index (κ2) is 9.65. The molecule has 1 unspecified atom stereocenters. The van der Waals surface area contributed by atoms with E-state index in [0.717, 1.165) is 42.9 Å². The van der Waals surface area contributed by atoms with Gasteiger partial charge < -0.3 is 10.2 Å². The Morgan fingerprint density at radius 2 is 1.83 bits per heavy atom. The monoisotopic (exact) mass is 423 g/mol. The summed E-state index contributed by atoms with van der Waals surface area (Å²) in [6, 6.07) is 10.2. The van der Waals surface area contributed by atoms with Gasteiger partial charge in [0.1, 0.15) is 0 Å². The number of carbonyl (C=O) groups excluding carboxylic acids is 2. The highest BCUT2D eigenvalue weighted by atomic mass is 32.2. The fourth-order valence-corrected chi connectivity index (χ4v) is 4.88. The van der Waals surface area contributed by atoms with Crippen molar-refractivity contribution in [2.24, 2.45) is 0 Å². The quantitative estimate of drug-likeness (QED) is 0.709. The van der Waals surface area contributed by atoms with Gasteiger partial charge in [-0.2, -0.15) is 0 Å². The van der Waals surface area contributed by atoms with Crippen LogP contribution in [0.2, 0.25) is 0 Å². The van der Waals surface area contributed by atoms with Gasteiger partial charge >= 0.3 is 0 Å². The number of likely N-dealkylation sites (tertiary alicyclic amines) is 1. The minimum atomic E-state index is -0.0151. The summed E-state index contributed by atoms with van der Waals surface area (Å²) in [5.74, 6) is 0.347. The zero-order valence-corrected chi connectivity index (χ0v) is 18.3. The van der Waals surface area contributed by atoms with Gasteiger partial charge in [-0.3, -0.25) is 9.59 Å². The van der Waals surface area contributed by atoms with Crippen LogP contribution in [-0.4, -0.2) is 40.5 Å². The van der Waals surface area contributed by atoms with E-state index in [1.807, 2.05) is 24.0 Å². The maximum absolute atomic E-state index is 12.4. The minimum Gasteiger partial charge on any atom is -0.349 e. The molecule has 0 saturated carbocycles. The normalized spacial score (nSPS) is 16.8. The van der Waals surface area contributed by atoms with Crippen molar-refractivity contribution in [2.45, 2.75) is 56.5 Å². The molecule has 1 fully saturated rings. The Labute approximate surface area is 182 Å². The molecule has 6 heteroatoms. The van der Waals surface area contributed by atoms with Crippen LogP contribution in [0.15, 0.2) is 41.6 Å². The highest BCUT2D eigenvalue weighted by Gasteiger charge is 2.20. The summed E-state index contributed by atoms with van der Waals surface area (Å²) < 4.78 is 0. The Kier molecular flexibility index (Phi) is 6.72. The van der Waals surface area contributed by atoms with Gasteiger partial charge in [0.15, 0.2) is 0 Å². The third kappa shape index (κ3) is 5.04. The van der Waals surface area contributed by atoms with Crippen molar-refractivity contribution in [3.05, 3.63) is 58.8 Å². The molecule has 2 aromatic rings. The molecule has 2 heterocycles. The number of pyridine rings is 1. The van der Waals surface area contributed by atoms with E-state index in [0.29, 0.717) is 11.3 Å². The smallest absolute Gasteiger partial charge is 0.255 e. The Balaban J connectivity index is 1.27. The molecule has 1 aromatic carbocycles. The second-order valence-corrected chi connectivity index (χ2v) is 9.19. The molecule has 158 valence electrons. The third-order valence-electron chi connectivity index (χ3n) is 5.98. The van der Waals surface area contributed by atoms with E-state index in [9.17, 15) is 9.59 Å². The minimum absolute atomic E-state index is 0.00996. The topological polar surface area (TPSA) is 62.3 Å². The third-order valence-corrected chi connectivity index (χ3v) is 6.92. The summed E-state index contributed by atoms with van der Waals surface area (Å²) in [5.41, 5.74) is 4.67. The Morgan fingerprint density at radius 1 is 1.07 bits per heavy atom. The van der Waals surface area contributed by atoms with Crippen LogP contribution < -0.4 is 5.32 Å². The lowest BCUT2D eigenvalue weighted by molar-refractivity contribution is -0.119. The van der Waals surface area contributed by atoms with Gasteiger partial charge in [0.25, 0.3) is 5.91 Å². The molecule has 30 heavy (non-hydrogen) atoms. The molecular formula is C24H29N3O2S. The summed E-state index contributed by atoms with van der Waals surface area (Å²) in [5, 5.41) is 3.85. The number of carbonyl (C=O) groups is 2. The van der Waals surface area contributed by atoms with Gasteiger partial charge in [-0.15, -0.1) is 0 Å². The lowest BCUT2D eigenvalue weighted by Gasteiger charge is -2.20. The summed E-state index contributed by atoms with van der Waals surface area (Å²) >= 11 is 1.39. The zero-order chi connectivity index (χ0) is 20.9. The lowest BCUT2D eigenvalue weighted by Crippen LogP contribution is -2.28. The van der Waals surface area contributed by atoms with Gasteiger partial charge in [0.05, 0.1) is 22.4 Å². The molecule has 1 aliphatic heterocycles. The predicted octanol–water partition coefficient (Wildman–Crippen LogP) is 4.17. The summed E-state index contributed by atoms with van der Waals surface area (Å²) in [6.07, 6.45) is 8.61. The number of fused-ring (bicyclic) bond motifs is 1. The maximum atomic E-state index is 12.4. The molecule has 1 aromatic heterocycles. The molecule has 2 amide bonds. The van der Waals surface area contributed by atoms with Crippen molar-refractivity contribution < 1.29 is 9.59 Å². The van der Waals surface area contributed by atoms with Gasteiger partial charge in [-0.1, -0.05) is 30.0 Å². The first-order chi connectivity index (χ1) is 14.6. The first-order valence-corrected chi connectivity index (χ1v) is 11.9. The van der Waals surface area contributed by atoms with Crippen LogP contribution in [0, 0.1) is 0 Å². The van der Waals surface area contributed by atoms with Crippen LogP contribution in [-0.2, 0) is 17.6 Å². The van der Waals surface area contributed by atoms with Gasteiger partial charge in [0.2, 0.25) is 5.91 Å². The molecule has 1 aliphatic carbocycles. The molecule has 2 aliphatic rings. The fourth-order valence-electron chi connectivity index (χ4n) is 4.22. The highest BCUT2D eigenvalue weighted by molar-refractivity contribution is 7.99. The van der Waals surface area contributed by atoms with Crippen molar-refractivity contribution in [3.8, 4) is 0 Å². The number of nitrogens with one attached hydrogen (secondary N) is 1. The number of benzene rings is 1. The SMILES string of the molecule is CC(NC(=O)CSc1ccc(C(=O)N2CCCC2)cn1)c1ccc2c(c1)CCCC2. The van der Waals surface area contributed by atoms with E-state index >= 15 is 0 Å². The second-order valence-electron chi connectivity index (χ2n) is 8.20. The number of amides is 2. The Bertz CT molecular complexity index is 907. The number of hydrogen-bond donors (Lipinski definition) is 1. The summed E-state index contributed by atoms with van der Waals surface area (Å²) in [7, 11) is 0. The van der Waals surface area contributed by atoms with E-state index in [1.165, 1.54) is 42.2 Å². The highest BCUT2D eigenvalue weighted by Crippen LogP contribution is 2.25. The molecule has 4 rings (SSSR count). The van der Waals surface area contributed by atoms with E-state index in [1.54, 1.807) is 6.20 Å². The van der Waals surface area contributed by atoms with Crippen LogP contribution >= 0.6 is 11.8 Å². The number of rotatable bonds is 6. The molecule has 1 atom stereocenters. The van der Waals surface area contributed by atoms with Crippen molar-refractivity contribution >= 4 is 23.6 Å². The number of aryl methyl sites for hydroxylation is 2. The van der Waals surface area contributed by atoms with Crippen molar-refractivity contribution in [2.75, 3.05) is 18.8 Å². The van der Waals surface area contributed by atoms with E-state index in [-0.39, 0.29) is 17.9 Å². The number of nitrogens with zero attached hydrogens (tertiary/aromatic N) is 2. The van der Waals surface area contributed by atoms with Gasteiger partial charge in [-0.25, -0.2) is 4.98 Å². The Morgan fingerprint density at radius 3 is 2.57 bits per heavy atom. The molecule has 1 N–H and O–H groups in total. The Hall–Kier alpha value is -2.34. The first-order valence-electron chi connectivity index (χ1n) is 10.9. The lowest BCUT2D eigenvalue weighted by atomic mass is 9.89. The van der Waals surface area contributed by atoms with Crippen LogP contribution in [0.5, 0.6) is 0 Å². The summed E-state index contributed by atoms with van der Waals surface area (Å²) in [6.45, 7) is 3.69. The first kappa shape index (κ1) is 20.9. The zero-order valence-electron chi connectivity index (χ0n) is 17.5. The molecule has 0 radical (unpaired) electrons.